The molecule has 12 heavy (non-hydrogen) atoms. The monoisotopic (exact) mass is 340 g/mol. The fourth-order valence-corrected chi connectivity index (χ4v) is 0.585. The molecule has 0 aliphatic rings. The van der Waals surface area contributed by atoms with Gasteiger partial charge in [-0.1, -0.05) is 0 Å². The van der Waals surface area contributed by atoms with Gasteiger partial charge in [0.05, 0.1) is 21.0 Å². The average molecular weight is 341 g/mol. The molecule has 0 amide bonds. The second-order valence-corrected chi connectivity index (χ2v) is 2.73. The zero-order valence-electron chi connectivity index (χ0n) is 6.97. The Kier molecular flexibility index (Phi) is 19.5. The molecule has 0 fully saturated rings. The van der Waals surface area contributed by atoms with Gasteiger partial charge in [-0.25, -0.2) is 0 Å². The second-order valence-electron chi connectivity index (χ2n) is 1.58. The molecule has 2 N–H and O–H groups in total. The van der Waals surface area contributed by atoms with Crippen LogP contribution in [0.15, 0.2) is 0 Å². The van der Waals surface area contributed by atoms with E-state index in [1.165, 1.54) is 0 Å². The molecular formula is C3H7O6PRb2. The van der Waals surface area contributed by atoms with Crippen molar-refractivity contribution in [2.45, 2.75) is 6.10 Å². The van der Waals surface area contributed by atoms with Crippen LogP contribution in [-0.2, 0) is 9.09 Å². The number of hydrogen-bond acceptors (Lipinski definition) is 6. The van der Waals surface area contributed by atoms with Crippen molar-refractivity contribution in [3.8, 4) is 0 Å². The van der Waals surface area contributed by atoms with E-state index in [-0.39, 0.29) is 116 Å². The number of hydrogen-bond donors (Lipinski definition) is 2. The van der Waals surface area contributed by atoms with Gasteiger partial charge in [0.2, 0.25) is 0 Å². The van der Waals surface area contributed by atoms with Crippen LogP contribution in [0.5, 0.6) is 0 Å². The SMILES string of the molecule is O=P([O-])([O-])OCC(O)CO.[Rb+].[Rb+]. The first-order chi connectivity index (χ1) is 4.45. The summed E-state index contributed by atoms with van der Waals surface area (Å²) in [5.74, 6) is 0. The van der Waals surface area contributed by atoms with Gasteiger partial charge in [0.15, 0.2) is 0 Å². The first-order valence-electron chi connectivity index (χ1n) is 2.41. The van der Waals surface area contributed by atoms with Crippen molar-refractivity contribution in [1.29, 1.82) is 0 Å². The Bertz CT molecular complexity index is 137. The summed E-state index contributed by atoms with van der Waals surface area (Å²) in [5, 5.41) is 16.6. The van der Waals surface area contributed by atoms with E-state index in [0.29, 0.717) is 0 Å². The van der Waals surface area contributed by atoms with E-state index in [1.54, 1.807) is 0 Å². The summed E-state index contributed by atoms with van der Waals surface area (Å²) in [6.45, 7) is -1.33. The Morgan fingerprint density at radius 1 is 1.42 bits per heavy atom. The minimum atomic E-state index is -5.00. The van der Waals surface area contributed by atoms with Crippen molar-refractivity contribution in [3.05, 3.63) is 0 Å². The van der Waals surface area contributed by atoms with E-state index in [2.05, 4.69) is 4.52 Å². The third-order valence-electron chi connectivity index (χ3n) is 0.636. The summed E-state index contributed by atoms with van der Waals surface area (Å²) < 4.78 is 13.3. The van der Waals surface area contributed by atoms with Crippen LogP contribution in [0.1, 0.15) is 0 Å². The summed E-state index contributed by atoms with van der Waals surface area (Å²) in [4.78, 5) is 19.4. The molecule has 0 saturated carbocycles. The van der Waals surface area contributed by atoms with Gasteiger partial charge >= 0.3 is 116 Å². The molecule has 0 heterocycles. The first kappa shape index (κ1) is 21.0. The molecule has 0 aromatic carbocycles. The molecule has 0 spiro atoms. The van der Waals surface area contributed by atoms with Gasteiger partial charge in [0, 0.05) is 0 Å². The maximum atomic E-state index is 9.71. The van der Waals surface area contributed by atoms with Gasteiger partial charge in [-0.05, 0) is 0 Å². The van der Waals surface area contributed by atoms with Crippen LogP contribution in [0, 0.1) is 0 Å². The molecule has 0 aliphatic carbocycles. The standard InChI is InChI=1S/C3H9O6P.2Rb/c4-1-3(5)2-9-10(6,7)8;;/h3-5H,1-2H2,(H2,6,7,8);;/q;2*+1/p-2. The molecule has 0 aromatic heterocycles. The average Bonchev–Trinajstić information content (AvgIpc) is 1.81. The van der Waals surface area contributed by atoms with E-state index in [0.717, 1.165) is 0 Å². The van der Waals surface area contributed by atoms with Crippen LogP contribution in [0.2, 0.25) is 0 Å². The molecule has 62 valence electrons. The minimum Gasteiger partial charge on any atom is -0.790 e. The fraction of sp³-hybridized carbons (Fsp3) is 1.00. The van der Waals surface area contributed by atoms with Gasteiger partial charge in [-0.2, -0.15) is 0 Å². The zero-order chi connectivity index (χ0) is 8.20. The molecule has 0 rings (SSSR count). The van der Waals surface area contributed by atoms with Crippen molar-refractivity contribution < 1.29 is 145 Å². The molecular weight excluding hydrogens is 334 g/mol. The van der Waals surface area contributed by atoms with E-state index in [1.807, 2.05) is 0 Å². The molecule has 0 bridgehead atoms. The van der Waals surface area contributed by atoms with Crippen molar-refractivity contribution >= 4 is 7.82 Å². The largest absolute Gasteiger partial charge is 1.00 e. The van der Waals surface area contributed by atoms with Gasteiger partial charge in [0.1, 0.15) is 6.10 Å². The molecule has 9 heteroatoms. The summed E-state index contributed by atoms with van der Waals surface area (Å²) in [6, 6.07) is 0. The van der Waals surface area contributed by atoms with Crippen LogP contribution in [0.3, 0.4) is 0 Å². The molecule has 0 saturated heterocycles. The number of aliphatic hydroxyl groups is 2. The molecule has 0 aliphatic heterocycles. The number of aliphatic hydroxyl groups excluding tert-OH is 2. The predicted octanol–water partition coefficient (Wildman–Crippen LogP) is -8.81. The molecule has 1 unspecified atom stereocenters. The minimum absolute atomic E-state index is 0. The molecule has 0 aromatic rings. The van der Waals surface area contributed by atoms with Gasteiger partial charge < -0.3 is 29.1 Å². The Morgan fingerprint density at radius 3 is 2.08 bits per heavy atom. The molecule has 0 radical (unpaired) electrons. The Hall–Kier alpha value is 3.64. The third kappa shape index (κ3) is 16.1. The molecule has 1 atom stereocenters. The number of rotatable bonds is 4. The van der Waals surface area contributed by atoms with Crippen LogP contribution in [-0.4, -0.2) is 29.5 Å². The van der Waals surface area contributed by atoms with E-state index in [4.69, 9.17) is 10.2 Å². The van der Waals surface area contributed by atoms with E-state index < -0.39 is 27.1 Å². The van der Waals surface area contributed by atoms with Crippen molar-refractivity contribution in [2.75, 3.05) is 13.2 Å². The van der Waals surface area contributed by atoms with Crippen LogP contribution in [0.25, 0.3) is 0 Å². The van der Waals surface area contributed by atoms with Crippen LogP contribution < -0.4 is 126 Å². The zero-order valence-corrected chi connectivity index (χ0v) is 17.7. The first-order valence-corrected chi connectivity index (χ1v) is 3.87. The summed E-state index contributed by atoms with van der Waals surface area (Å²) in [7, 11) is -5.00. The van der Waals surface area contributed by atoms with Gasteiger partial charge in [0.25, 0.3) is 0 Å². The van der Waals surface area contributed by atoms with E-state index >= 15 is 0 Å². The topological polar surface area (TPSA) is 113 Å². The summed E-state index contributed by atoms with van der Waals surface area (Å²) in [5.41, 5.74) is 0. The quantitative estimate of drug-likeness (QED) is 0.491. The van der Waals surface area contributed by atoms with Gasteiger partial charge in [-0.15, -0.1) is 0 Å². The Labute approximate surface area is 168 Å². The summed E-state index contributed by atoms with van der Waals surface area (Å²) >= 11 is 0. The van der Waals surface area contributed by atoms with Crippen molar-refractivity contribution in [3.63, 3.8) is 0 Å². The third-order valence-corrected chi connectivity index (χ3v) is 1.10. The fourth-order valence-electron chi connectivity index (χ4n) is 0.230. The van der Waals surface area contributed by atoms with E-state index in [9.17, 15) is 14.4 Å². The van der Waals surface area contributed by atoms with Crippen molar-refractivity contribution in [1.82, 2.24) is 0 Å². The Morgan fingerprint density at radius 2 is 1.83 bits per heavy atom. The van der Waals surface area contributed by atoms with Crippen LogP contribution >= 0.6 is 7.82 Å². The number of phosphoric ester groups is 1. The normalized spacial score (nSPS) is 12.7. The maximum Gasteiger partial charge on any atom is 1.00 e. The molecule has 6 nitrogen and oxygen atoms in total. The van der Waals surface area contributed by atoms with Crippen LogP contribution in [0.4, 0.5) is 0 Å². The summed E-state index contributed by atoms with van der Waals surface area (Å²) in [6.07, 6.45) is -1.32. The van der Waals surface area contributed by atoms with Crippen molar-refractivity contribution in [2.24, 2.45) is 0 Å². The second kappa shape index (κ2) is 11.1. The predicted molar refractivity (Wildman–Crippen MR) is 26.7 cm³/mol. The maximum absolute atomic E-state index is 9.71. The number of phosphoric acid groups is 1. The Balaban J connectivity index is -0.000000405. The smallest absolute Gasteiger partial charge is 0.790 e. The van der Waals surface area contributed by atoms with Gasteiger partial charge in [-0.3, -0.25) is 0 Å².